The lowest BCUT2D eigenvalue weighted by Gasteiger charge is -2.32. The number of amides is 1. The second-order valence-electron chi connectivity index (χ2n) is 11.2. The second-order valence-corrected chi connectivity index (χ2v) is 11.6. The van der Waals surface area contributed by atoms with Gasteiger partial charge < -0.3 is 35.0 Å². The third kappa shape index (κ3) is 7.05. The van der Waals surface area contributed by atoms with Gasteiger partial charge in [0.1, 0.15) is 35.2 Å². The van der Waals surface area contributed by atoms with Crippen molar-refractivity contribution in [2.24, 2.45) is 0 Å². The summed E-state index contributed by atoms with van der Waals surface area (Å²) >= 11 is 6.67. The van der Waals surface area contributed by atoms with Crippen molar-refractivity contribution >= 4 is 51.4 Å². The standard InChI is InChI=1S/C33H36ClN7O4/c1-3-32(43)41-12-7-21(8-13-41)38-28-18-25-27(19-30(28)44-2)36-20-37-33(25)39-22-4-5-29(26(34)16-22)45-24-6-11-35-31(17-24)40-14-9-23(42)10-15-40/h3-6,11,16-21,23,38,42H,1,7-10,12-15H2,2H3,(H,36,37,39). The van der Waals surface area contributed by atoms with Gasteiger partial charge in [0.2, 0.25) is 5.91 Å². The van der Waals surface area contributed by atoms with E-state index in [2.05, 4.69) is 37.1 Å². The van der Waals surface area contributed by atoms with E-state index in [0.717, 1.165) is 66.9 Å². The van der Waals surface area contributed by atoms with Crippen LogP contribution in [0.2, 0.25) is 5.02 Å². The monoisotopic (exact) mass is 629 g/mol. The van der Waals surface area contributed by atoms with Crippen LogP contribution in [0.1, 0.15) is 25.7 Å². The lowest BCUT2D eigenvalue weighted by atomic mass is 10.0. The van der Waals surface area contributed by atoms with Crippen molar-refractivity contribution in [1.29, 1.82) is 0 Å². The van der Waals surface area contributed by atoms with Crippen molar-refractivity contribution in [2.45, 2.75) is 37.8 Å². The first-order valence-electron chi connectivity index (χ1n) is 15.0. The Balaban J connectivity index is 1.17. The number of fused-ring (bicyclic) bond motifs is 1. The van der Waals surface area contributed by atoms with Crippen molar-refractivity contribution in [1.82, 2.24) is 19.9 Å². The summed E-state index contributed by atoms with van der Waals surface area (Å²) in [6, 6.07) is 13.2. The summed E-state index contributed by atoms with van der Waals surface area (Å²) < 4.78 is 11.8. The SMILES string of the molecule is C=CC(=O)N1CCC(Nc2cc3c(Nc4ccc(Oc5ccnc(N6CCC(O)CC6)c5)c(Cl)c4)ncnc3cc2OC)CC1. The minimum absolute atomic E-state index is 0.0362. The maximum atomic E-state index is 12.0. The normalized spacial score (nSPS) is 16.0. The maximum absolute atomic E-state index is 12.0. The number of methoxy groups -OCH3 is 1. The first kappa shape index (κ1) is 30.4. The molecule has 0 saturated carbocycles. The molecule has 0 bridgehead atoms. The summed E-state index contributed by atoms with van der Waals surface area (Å²) in [5.74, 6) is 3.21. The molecule has 0 spiro atoms. The Morgan fingerprint density at radius 2 is 1.82 bits per heavy atom. The molecule has 2 aromatic heterocycles. The molecule has 11 nitrogen and oxygen atoms in total. The molecule has 0 atom stereocenters. The molecular weight excluding hydrogens is 594 g/mol. The van der Waals surface area contributed by atoms with Crippen molar-refractivity contribution in [2.75, 3.05) is 48.8 Å². The maximum Gasteiger partial charge on any atom is 0.245 e. The van der Waals surface area contributed by atoms with Crippen LogP contribution in [0, 0.1) is 0 Å². The van der Waals surface area contributed by atoms with Gasteiger partial charge >= 0.3 is 0 Å². The number of rotatable bonds is 9. The third-order valence-electron chi connectivity index (χ3n) is 8.23. The number of aromatic nitrogens is 3. The molecule has 2 saturated heterocycles. The fourth-order valence-electron chi connectivity index (χ4n) is 5.71. The van der Waals surface area contributed by atoms with E-state index in [-0.39, 0.29) is 18.1 Å². The molecule has 4 aromatic rings. The zero-order valence-electron chi connectivity index (χ0n) is 25.1. The number of anilines is 4. The zero-order chi connectivity index (χ0) is 31.3. The van der Waals surface area contributed by atoms with Crippen LogP contribution in [0.15, 0.2) is 67.6 Å². The Hall–Kier alpha value is -4.61. The summed E-state index contributed by atoms with van der Waals surface area (Å²) in [6.07, 6.45) is 7.40. The molecule has 0 aliphatic carbocycles. The van der Waals surface area contributed by atoms with Crippen LogP contribution < -0.4 is 25.0 Å². The number of hydrogen-bond donors (Lipinski definition) is 3. The lowest BCUT2D eigenvalue weighted by molar-refractivity contribution is -0.126. The van der Waals surface area contributed by atoms with Crippen LogP contribution in [-0.2, 0) is 4.79 Å². The number of aliphatic hydroxyl groups is 1. The number of likely N-dealkylation sites (tertiary alicyclic amines) is 1. The number of ether oxygens (including phenoxy) is 2. The molecule has 2 aliphatic heterocycles. The highest BCUT2D eigenvalue weighted by Crippen LogP contribution is 2.37. The van der Waals surface area contributed by atoms with Crippen molar-refractivity contribution < 1.29 is 19.4 Å². The number of nitrogens with zero attached hydrogens (tertiary/aromatic N) is 5. The van der Waals surface area contributed by atoms with Crippen LogP contribution in [0.4, 0.5) is 23.0 Å². The van der Waals surface area contributed by atoms with Crippen LogP contribution >= 0.6 is 11.6 Å². The molecule has 12 heteroatoms. The van der Waals surface area contributed by atoms with Crippen LogP contribution in [0.5, 0.6) is 17.2 Å². The fourth-order valence-corrected chi connectivity index (χ4v) is 5.93. The highest BCUT2D eigenvalue weighted by molar-refractivity contribution is 6.32. The number of hydrogen-bond acceptors (Lipinski definition) is 10. The molecule has 2 fully saturated rings. The van der Waals surface area contributed by atoms with E-state index in [1.807, 2.05) is 35.2 Å². The lowest BCUT2D eigenvalue weighted by Crippen LogP contribution is -2.41. The van der Waals surface area contributed by atoms with E-state index in [9.17, 15) is 9.90 Å². The molecule has 1 amide bonds. The molecule has 3 N–H and O–H groups in total. The number of benzene rings is 2. The fraction of sp³-hybridized carbons (Fsp3) is 0.333. The Morgan fingerprint density at radius 1 is 1.02 bits per heavy atom. The number of carbonyl (C=O) groups is 1. The van der Waals surface area contributed by atoms with Crippen LogP contribution in [0.25, 0.3) is 10.9 Å². The average Bonchev–Trinajstić information content (AvgIpc) is 3.06. The van der Waals surface area contributed by atoms with Crippen molar-refractivity contribution in [3.8, 4) is 17.2 Å². The molecule has 234 valence electrons. The minimum atomic E-state index is -0.251. The largest absolute Gasteiger partial charge is 0.495 e. The third-order valence-corrected chi connectivity index (χ3v) is 8.52. The molecule has 4 heterocycles. The molecule has 0 radical (unpaired) electrons. The smallest absolute Gasteiger partial charge is 0.245 e. The molecule has 2 aromatic carbocycles. The summed E-state index contributed by atoms with van der Waals surface area (Å²) in [6.45, 7) is 6.42. The Labute approximate surface area is 266 Å². The highest BCUT2D eigenvalue weighted by Gasteiger charge is 2.23. The van der Waals surface area contributed by atoms with Gasteiger partial charge in [0.05, 0.1) is 29.4 Å². The van der Waals surface area contributed by atoms with Gasteiger partial charge in [-0.1, -0.05) is 18.2 Å². The number of piperidine rings is 2. The topological polar surface area (TPSA) is 125 Å². The molecular formula is C33H36ClN7O4. The van der Waals surface area contributed by atoms with E-state index in [1.165, 1.54) is 12.4 Å². The summed E-state index contributed by atoms with van der Waals surface area (Å²) in [5, 5.41) is 18.0. The molecule has 0 unspecified atom stereocenters. The van der Waals surface area contributed by atoms with Gasteiger partial charge in [-0.3, -0.25) is 4.79 Å². The molecule has 45 heavy (non-hydrogen) atoms. The van der Waals surface area contributed by atoms with Gasteiger partial charge in [-0.05, 0) is 62.1 Å². The first-order chi connectivity index (χ1) is 21.9. The summed E-state index contributed by atoms with van der Waals surface area (Å²) in [5.41, 5.74) is 2.29. The van der Waals surface area contributed by atoms with Gasteiger partial charge in [0.15, 0.2) is 0 Å². The molecule has 2 aliphatic rings. The summed E-state index contributed by atoms with van der Waals surface area (Å²) in [7, 11) is 1.63. The predicted molar refractivity (Wildman–Crippen MR) is 176 cm³/mol. The van der Waals surface area contributed by atoms with Crippen molar-refractivity contribution in [3.63, 3.8) is 0 Å². The Kier molecular flexibility index (Phi) is 9.18. The van der Waals surface area contributed by atoms with E-state index in [4.69, 9.17) is 21.1 Å². The second kappa shape index (κ2) is 13.6. The van der Waals surface area contributed by atoms with Gasteiger partial charge in [-0.2, -0.15) is 0 Å². The van der Waals surface area contributed by atoms with Gasteiger partial charge in [-0.25, -0.2) is 15.0 Å². The van der Waals surface area contributed by atoms with Crippen LogP contribution in [-0.4, -0.2) is 76.3 Å². The number of carbonyl (C=O) groups excluding carboxylic acids is 1. The Morgan fingerprint density at radius 3 is 2.56 bits per heavy atom. The quantitative estimate of drug-likeness (QED) is 0.196. The van der Waals surface area contributed by atoms with E-state index in [0.29, 0.717) is 41.2 Å². The summed E-state index contributed by atoms with van der Waals surface area (Å²) in [4.78, 5) is 29.4. The van der Waals surface area contributed by atoms with Crippen molar-refractivity contribution in [3.05, 3.63) is 72.7 Å². The van der Waals surface area contributed by atoms with E-state index in [1.54, 1.807) is 25.4 Å². The van der Waals surface area contributed by atoms with E-state index >= 15 is 0 Å². The Bertz CT molecular complexity index is 1690. The first-order valence-corrected chi connectivity index (χ1v) is 15.4. The van der Waals surface area contributed by atoms with Gasteiger partial charge in [0.25, 0.3) is 0 Å². The van der Waals surface area contributed by atoms with Crippen LogP contribution in [0.3, 0.4) is 0 Å². The van der Waals surface area contributed by atoms with Gasteiger partial charge in [0, 0.05) is 61.6 Å². The molecule has 6 rings (SSSR count). The number of halogens is 1. The average molecular weight is 630 g/mol. The number of pyridine rings is 1. The van der Waals surface area contributed by atoms with E-state index < -0.39 is 0 Å². The zero-order valence-corrected chi connectivity index (χ0v) is 25.8. The highest BCUT2D eigenvalue weighted by atomic mass is 35.5. The number of nitrogens with one attached hydrogen (secondary N) is 2. The predicted octanol–water partition coefficient (Wildman–Crippen LogP) is 5.77. The minimum Gasteiger partial charge on any atom is -0.495 e. The van der Waals surface area contributed by atoms with Gasteiger partial charge in [-0.15, -0.1) is 0 Å². The number of aliphatic hydroxyl groups excluding tert-OH is 1.